The van der Waals surface area contributed by atoms with Gasteiger partial charge in [0.1, 0.15) is 5.92 Å². The van der Waals surface area contributed by atoms with Crippen LogP contribution in [-0.4, -0.2) is 102 Å². The number of likely N-dealkylation sites (tertiary alicyclic amines) is 2. The van der Waals surface area contributed by atoms with Crippen molar-refractivity contribution in [1.82, 2.24) is 20.0 Å². The van der Waals surface area contributed by atoms with Gasteiger partial charge in [-0.15, -0.1) is 0 Å². The first-order chi connectivity index (χ1) is 23.5. The molecular formula is C38H56BF2N5O4. The summed E-state index contributed by atoms with van der Waals surface area (Å²) in [5, 5.41) is 13.5. The predicted molar refractivity (Wildman–Crippen MR) is 188 cm³/mol. The molecule has 0 aromatic heterocycles. The Hall–Kier alpha value is -2.75. The van der Waals surface area contributed by atoms with Crippen LogP contribution >= 0.6 is 0 Å². The second-order valence-corrected chi connectivity index (χ2v) is 17.2. The van der Waals surface area contributed by atoms with Crippen LogP contribution in [0.2, 0.25) is 0 Å². The van der Waals surface area contributed by atoms with Crippen LogP contribution in [0.25, 0.3) is 0 Å². The van der Waals surface area contributed by atoms with Crippen LogP contribution in [0, 0.1) is 40.4 Å². The van der Waals surface area contributed by atoms with Gasteiger partial charge in [0.15, 0.2) is 0 Å². The Morgan fingerprint density at radius 3 is 2.52 bits per heavy atom. The summed E-state index contributed by atoms with van der Waals surface area (Å²) in [5.74, 6) is -3.95. The molecule has 8 atom stereocenters. The van der Waals surface area contributed by atoms with E-state index in [2.05, 4.69) is 32.2 Å². The van der Waals surface area contributed by atoms with E-state index in [9.17, 15) is 23.6 Å². The first-order valence-corrected chi connectivity index (χ1v) is 18.7. The summed E-state index contributed by atoms with van der Waals surface area (Å²) in [6.45, 7) is 13.0. The zero-order valence-corrected chi connectivity index (χ0v) is 31.0. The Bertz CT molecular complexity index is 1460. The third kappa shape index (κ3) is 6.79. The molecule has 3 aliphatic carbocycles. The number of hydrogen-bond acceptors (Lipinski definition) is 6. The van der Waals surface area contributed by atoms with Crippen molar-refractivity contribution in [3.8, 4) is 6.07 Å². The molecule has 1 aromatic carbocycles. The summed E-state index contributed by atoms with van der Waals surface area (Å²) < 4.78 is 41.7. The zero-order valence-electron chi connectivity index (χ0n) is 31.0. The molecule has 3 aliphatic heterocycles. The van der Waals surface area contributed by atoms with E-state index in [0.29, 0.717) is 37.8 Å². The fraction of sp³-hybridized carbons (Fsp3) is 0.763. The van der Waals surface area contributed by atoms with Gasteiger partial charge in [0.25, 0.3) is 5.92 Å². The van der Waals surface area contributed by atoms with Crippen molar-refractivity contribution in [3.63, 3.8) is 0 Å². The molecule has 0 radical (unpaired) electrons. The van der Waals surface area contributed by atoms with Crippen LogP contribution in [0.15, 0.2) is 30.3 Å². The van der Waals surface area contributed by atoms with Gasteiger partial charge in [-0.2, -0.15) is 5.26 Å². The van der Waals surface area contributed by atoms with Gasteiger partial charge in [-0.1, -0.05) is 51.1 Å². The number of amides is 3. The first kappa shape index (κ1) is 37.0. The highest BCUT2D eigenvalue weighted by molar-refractivity contribution is 6.48. The van der Waals surface area contributed by atoms with Crippen molar-refractivity contribution in [1.29, 1.82) is 5.26 Å². The molecule has 3 amide bonds. The highest BCUT2D eigenvalue weighted by atomic mass is 19.3. The van der Waals surface area contributed by atoms with Crippen molar-refractivity contribution >= 4 is 19.1 Å². The van der Waals surface area contributed by atoms with Crippen molar-refractivity contribution in [2.45, 2.75) is 122 Å². The lowest BCUT2D eigenvalue weighted by Crippen LogP contribution is -2.65. The SMILES string of the molecule is CC(C(C#N)C(=O)N1CCCCC1CN(C)C(=O)NC(Cc1ccccc1)B1OC2CC3CC(C3(C)C)[C@]2(C)O1)C(C)(C)N1CCC(F)(F)C1. The number of halogens is 2. The molecule has 12 heteroatoms. The Morgan fingerprint density at radius 2 is 1.88 bits per heavy atom. The number of rotatable bonds is 10. The summed E-state index contributed by atoms with van der Waals surface area (Å²) in [6, 6.07) is 11.7. The maximum Gasteiger partial charge on any atom is 0.482 e. The van der Waals surface area contributed by atoms with Crippen LogP contribution < -0.4 is 5.32 Å². The van der Waals surface area contributed by atoms with Crippen molar-refractivity contribution in [2.75, 3.05) is 33.2 Å². The van der Waals surface area contributed by atoms with Crippen molar-refractivity contribution in [2.24, 2.45) is 29.1 Å². The predicted octanol–water partition coefficient (Wildman–Crippen LogP) is 5.78. The van der Waals surface area contributed by atoms with Crippen molar-refractivity contribution in [3.05, 3.63) is 35.9 Å². The number of carbonyl (C=O) groups excluding carboxylic acids is 2. The highest BCUT2D eigenvalue weighted by Gasteiger charge is 2.68. The molecule has 274 valence electrons. The average molecular weight is 696 g/mol. The van der Waals surface area contributed by atoms with E-state index in [0.717, 1.165) is 31.2 Å². The number of likely N-dealkylation sites (N-methyl/N-ethyl adjacent to an activating group) is 1. The number of nitrogens with one attached hydrogen (secondary N) is 1. The largest absolute Gasteiger partial charge is 0.482 e. The minimum absolute atomic E-state index is 0.0126. The standard InChI is InChI=1S/C38H56BF2N5O4/c1-25(36(4,5)45-18-16-38(40,41)24-45)29(22-42)33(47)46-17-12-11-15-28(46)23-44(7)34(48)43-32(19-26-13-9-8-10-14-26)39-49-31-21-27-20-30(35(27,2)3)37(31,6)50-39/h8-10,13-14,25,27-32H,11-12,15-21,23-24H2,1-7H3,(H,43,48)/t25?,27?,28?,29?,30?,31?,32?,37-/m0/s1. The van der Waals surface area contributed by atoms with E-state index in [1.54, 1.807) is 21.7 Å². The van der Waals surface area contributed by atoms with Crippen LogP contribution in [0.3, 0.4) is 0 Å². The Labute approximate surface area is 297 Å². The van der Waals surface area contributed by atoms with E-state index in [1.165, 1.54) is 0 Å². The molecule has 3 heterocycles. The van der Waals surface area contributed by atoms with Gasteiger partial charge in [-0.25, -0.2) is 13.6 Å². The fourth-order valence-corrected chi connectivity index (χ4v) is 9.79. The van der Waals surface area contributed by atoms with Crippen LogP contribution in [0.1, 0.15) is 85.6 Å². The molecule has 1 N–H and O–H groups in total. The van der Waals surface area contributed by atoms with Gasteiger partial charge in [-0.05, 0) is 88.0 Å². The van der Waals surface area contributed by atoms with Crippen LogP contribution in [0.4, 0.5) is 13.6 Å². The number of urea groups is 1. The molecular weight excluding hydrogens is 639 g/mol. The molecule has 7 unspecified atom stereocenters. The third-order valence-corrected chi connectivity index (χ3v) is 13.7. The van der Waals surface area contributed by atoms with Gasteiger partial charge in [-0.3, -0.25) is 9.69 Å². The van der Waals surface area contributed by atoms with E-state index >= 15 is 0 Å². The van der Waals surface area contributed by atoms with Gasteiger partial charge in [0.05, 0.1) is 30.3 Å². The molecule has 9 nitrogen and oxygen atoms in total. The monoisotopic (exact) mass is 695 g/mol. The quantitative estimate of drug-likeness (QED) is 0.312. The zero-order chi connectivity index (χ0) is 36.2. The number of benzene rings is 1. The number of alkyl halides is 2. The lowest BCUT2D eigenvalue weighted by Gasteiger charge is -2.64. The molecule has 50 heavy (non-hydrogen) atoms. The fourth-order valence-electron chi connectivity index (χ4n) is 9.79. The number of hydrogen-bond donors (Lipinski definition) is 1. The Morgan fingerprint density at radius 1 is 1.16 bits per heavy atom. The molecule has 3 saturated carbocycles. The molecule has 7 rings (SSSR count). The summed E-state index contributed by atoms with van der Waals surface area (Å²) >= 11 is 0. The number of nitrogens with zero attached hydrogens (tertiary/aromatic N) is 4. The number of nitriles is 1. The summed E-state index contributed by atoms with van der Waals surface area (Å²) in [7, 11) is 1.14. The molecule has 3 saturated heterocycles. The minimum atomic E-state index is -2.77. The van der Waals surface area contributed by atoms with E-state index in [-0.39, 0.29) is 49.0 Å². The highest BCUT2D eigenvalue weighted by Crippen LogP contribution is 2.65. The lowest BCUT2D eigenvalue weighted by atomic mass is 9.43. The number of carbonyl (C=O) groups is 2. The summed E-state index contributed by atoms with van der Waals surface area (Å²) in [6.07, 6.45) is 4.82. The molecule has 6 aliphatic rings. The summed E-state index contributed by atoms with van der Waals surface area (Å²) in [5.41, 5.74) is 0.0851. The van der Waals surface area contributed by atoms with E-state index < -0.39 is 42.0 Å². The van der Waals surface area contributed by atoms with Gasteiger partial charge in [0.2, 0.25) is 5.91 Å². The van der Waals surface area contributed by atoms with E-state index in [4.69, 9.17) is 9.31 Å². The summed E-state index contributed by atoms with van der Waals surface area (Å²) in [4.78, 5) is 33.1. The Kier molecular flexibility index (Phi) is 10.1. The molecule has 6 fully saturated rings. The molecule has 2 bridgehead atoms. The lowest BCUT2D eigenvalue weighted by molar-refractivity contribution is -0.199. The van der Waals surface area contributed by atoms with E-state index in [1.807, 2.05) is 51.1 Å². The van der Waals surface area contributed by atoms with Crippen molar-refractivity contribution < 1.29 is 27.7 Å². The number of piperidine rings is 1. The second-order valence-electron chi connectivity index (χ2n) is 17.2. The minimum Gasteiger partial charge on any atom is -0.404 e. The normalized spacial score (nSPS) is 31.9. The van der Waals surface area contributed by atoms with Gasteiger partial charge in [0, 0.05) is 44.7 Å². The smallest absolute Gasteiger partial charge is 0.404 e. The second kappa shape index (κ2) is 13.7. The van der Waals surface area contributed by atoms with Crippen LogP contribution in [-0.2, 0) is 20.5 Å². The Balaban J connectivity index is 1.13. The third-order valence-electron chi connectivity index (χ3n) is 13.7. The topological polar surface area (TPSA) is 98.1 Å². The van der Waals surface area contributed by atoms with Gasteiger partial charge >= 0.3 is 13.1 Å². The maximum atomic E-state index is 14.1. The molecule has 0 spiro atoms. The van der Waals surface area contributed by atoms with Gasteiger partial charge < -0.3 is 24.4 Å². The average Bonchev–Trinajstić information content (AvgIpc) is 3.64. The molecule has 1 aromatic rings. The first-order valence-electron chi connectivity index (χ1n) is 18.7. The van der Waals surface area contributed by atoms with Crippen LogP contribution in [0.5, 0.6) is 0 Å². The maximum absolute atomic E-state index is 14.1.